The highest BCUT2D eigenvalue weighted by molar-refractivity contribution is 9.10. The fraction of sp³-hybridized carbons (Fsp3) is 0.214. The largest absolute Gasteiger partial charge is 0.475 e. The molecule has 21 heavy (non-hydrogen) atoms. The minimum Gasteiger partial charge on any atom is -0.475 e. The normalized spacial score (nSPS) is 14.4. The first-order chi connectivity index (χ1) is 10.1. The van der Waals surface area contributed by atoms with Gasteiger partial charge in [0.05, 0.1) is 6.54 Å². The molecule has 2 heterocycles. The molecule has 7 heteroatoms. The maximum atomic E-state index is 12.7. The molecule has 5 nitrogen and oxygen atoms in total. The Bertz CT molecular complexity index is 706. The van der Waals surface area contributed by atoms with Crippen LogP contribution in [0.25, 0.3) is 0 Å². The van der Waals surface area contributed by atoms with Crippen LogP contribution in [0.15, 0.2) is 28.7 Å². The average Bonchev–Trinajstić information content (AvgIpc) is 2.59. The molecule has 0 N–H and O–H groups in total. The molecular weight excluding hydrogens is 358 g/mol. The number of rotatable bonds is 1. The zero-order valence-corrected chi connectivity index (χ0v) is 13.5. The van der Waals surface area contributed by atoms with E-state index in [-0.39, 0.29) is 22.5 Å². The van der Waals surface area contributed by atoms with Gasteiger partial charge in [0, 0.05) is 10.2 Å². The number of halogens is 2. The van der Waals surface area contributed by atoms with Crippen molar-refractivity contribution in [1.82, 2.24) is 9.97 Å². The van der Waals surface area contributed by atoms with Crippen molar-refractivity contribution in [1.29, 1.82) is 0 Å². The van der Waals surface area contributed by atoms with Gasteiger partial charge in [0.1, 0.15) is 23.1 Å². The predicted octanol–water partition coefficient (Wildman–Crippen LogP) is 3.24. The van der Waals surface area contributed by atoms with Crippen molar-refractivity contribution >= 4 is 39.1 Å². The molecule has 1 aromatic heterocycles. The number of anilines is 1. The van der Waals surface area contributed by atoms with E-state index in [1.165, 1.54) is 0 Å². The number of amides is 1. The first kappa shape index (κ1) is 14.3. The number of aryl methyl sites for hydroxylation is 1. The number of aromatic nitrogens is 2. The van der Waals surface area contributed by atoms with Gasteiger partial charge >= 0.3 is 0 Å². The molecule has 0 aliphatic carbocycles. The molecular formula is C14H11BrClN3O2. The minimum absolute atomic E-state index is 0.117. The van der Waals surface area contributed by atoms with Crippen LogP contribution >= 0.6 is 27.5 Å². The molecule has 0 fully saturated rings. The fourth-order valence-electron chi connectivity index (χ4n) is 2.14. The van der Waals surface area contributed by atoms with Gasteiger partial charge in [-0.05, 0) is 31.2 Å². The molecule has 0 unspecified atom stereocenters. The van der Waals surface area contributed by atoms with E-state index in [0.717, 1.165) is 10.2 Å². The van der Waals surface area contributed by atoms with Crippen LogP contribution in [0, 0.1) is 6.92 Å². The second-order valence-corrected chi connectivity index (χ2v) is 5.80. The maximum absolute atomic E-state index is 12.7. The number of fused-ring (bicyclic) bond motifs is 1. The van der Waals surface area contributed by atoms with Gasteiger partial charge in [0.15, 0.2) is 0 Å². The Labute approximate surface area is 135 Å². The summed E-state index contributed by atoms with van der Waals surface area (Å²) in [5, 5.41) is 0.117. The summed E-state index contributed by atoms with van der Waals surface area (Å²) in [4.78, 5) is 22.5. The lowest BCUT2D eigenvalue weighted by Crippen LogP contribution is -2.32. The van der Waals surface area contributed by atoms with E-state index in [0.29, 0.717) is 19.0 Å². The molecule has 3 rings (SSSR count). The van der Waals surface area contributed by atoms with Crippen molar-refractivity contribution in [3.05, 3.63) is 45.3 Å². The lowest BCUT2D eigenvalue weighted by molar-refractivity contribution is 0.0989. The third-order valence-electron chi connectivity index (χ3n) is 3.09. The van der Waals surface area contributed by atoms with E-state index in [2.05, 4.69) is 25.9 Å². The van der Waals surface area contributed by atoms with E-state index in [4.69, 9.17) is 16.3 Å². The second-order valence-electron chi connectivity index (χ2n) is 4.52. The van der Waals surface area contributed by atoms with Crippen molar-refractivity contribution in [2.45, 2.75) is 6.92 Å². The van der Waals surface area contributed by atoms with Crippen molar-refractivity contribution in [2.75, 3.05) is 18.1 Å². The van der Waals surface area contributed by atoms with Crippen LogP contribution in [-0.4, -0.2) is 29.0 Å². The second kappa shape index (κ2) is 5.61. The molecule has 1 aromatic carbocycles. The van der Waals surface area contributed by atoms with Crippen LogP contribution in [0.5, 0.6) is 5.88 Å². The number of benzene rings is 1. The van der Waals surface area contributed by atoms with E-state index in [1.54, 1.807) is 11.8 Å². The number of carbonyl (C=O) groups excluding carboxylic acids is 1. The van der Waals surface area contributed by atoms with E-state index < -0.39 is 0 Å². The SMILES string of the molecule is Cc1nc(Cl)c2c(n1)OCCN(c1ccc(Br)cc1)C2=O. The van der Waals surface area contributed by atoms with Gasteiger partial charge in [-0.25, -0.2) is 4.98 Å². The molecule has 108 valence electrons. The lowest BCUT2D eigenvalue weighted by atomic mass is 10.2. The van der Waals surface area contributed by atoms with Gasteiger partial charge in [0.2, 0.25) is 5.88 Å². The van der Waals surface area contributed by atoms with Crippen LogP contribution < -0.4 is 9.64 Å². The molecule has 0 atom stereocenters. The van der Waals surface area contributed by atoms with Crippen LogP contribution in [-0.2, 0) is 0 Å². The molecule has 0 saturated heterocycles. The van der Waals surface area contributed by atoms with Crippen molar-refractivity contribution in [2.24, 2.45) is 0 Å². The van der Waals surface area contributed by atoms with Crippen LogP contribution in [0.4, 0.5) is 5.69 Å². The molecule has 1 amide bonds. The van der Waals surface area contributed by atoms with Gasteiger partial charge in [-0.1, -0.05) is 27.5 Å². The van der Waals surface area contributed by atoms with E-state index in [9.17, 15) is 4.79 Å². The number of nitrogens with zero attached hydrogens (tertiary/aromatic N) is 3. The fourth-order valence-corrected chi connectivity index (χ4v) is 2.68. The van der Waals surface area contributed by atoms with Gasteiger partial charge in [-0.2, -0.15) is 4.98 Å². The van der Waals surface area contributed by atoms with Gasteiger partial charge in [-0.3, -0.25) is 4.79 Å². The van der Waals surface area contributed by atoms with Crippen LogP contribution in [0.1, 0.15) is 16.2 Å². The Morgan fingerprint density at radius 3 is 2.71 bits per heavy atom. The van der Waals surface area contributed by atoms with Gasteiger partial charge < -0.3 is 9.64 Å². The molecule has 0 spiro atoms. The molecule has 0 radical (unpaired) electrons. The summed E-state index contributed by atoms with van der Waals surface area (Å²) in [5.74, 6) is 0.468. The third-order valence-corrected chi connectivity index (χ3v) is 3.90. The molecule has 0 bridgehead atoms. The first-order valence-electron chi connectivity index (χ1n) is 6.30. The molecule has 0 saturated carbocycles. The van der Waals surface area contributed by atoms with Gasteiger partial charge in [-0.15, -0.1) is 0 Å². The van der Waals surface area contributed by atoms with E-state index in [1.807, 2.05) is 24.3 Å². The monoisotopic (exact) mass is 367 g/mol. The number of hydrogen-bond donors (Lipinski definition) is 0. The standard InChI is InChI=1S/C14H11BrClN3O2/c1-8-17-12(16)11-13(18-8)21-7-6-19(14(11)20)10-4-2-9(15)3-5-10/h2-5H,6-7H2,1H3. The first-order valence-corrected chi connectivity index (χ1v) is 7.48. The topological polar surface area (TPSA) is 55.3 Å². The quantitative estimate of drug-likeness (QED) is 0.725. The number of carbonyl (C=O) groups is 1. The molecule has 2 aromatic rings. The highest BCUT2D eigenvalue weighted by atomic mass is 79.9. The van der Waals surface area contributed by atoms with Crippen molar-refractivity contribution in [3.63, 3.8) is 0 Å². The summed E-state index contributed by atoms with van der Waals surface area (Å²) >= 11 is 9.48. The third kappa shape index (κ3) is 2.73. The lowest BCUT2D eigenvalue weighted by Gasteiger charge is -2.20. The Morgan fingerprint density at radius 2 is 2.00 bits per heavy atom. The summed E-state index contributed by atoms with van der Waals surface area (Å²) in [6.07, 6.45) is 0. The molecule has 1 aliphatic rings. The summed E-state index contributed by atoms with van der Waals surface area (Å²) in [6.45, 7) is 2.48. The van der Waals surface area contributed by atoms with Gasteiger partial charge in [0.25, 0.3) is 5.91 Å². The maximum Gasteiger partial charge on any atom is 0.267 e. The summed E-state index contributed by atoms with van der Waals surface area (Å²) in [5.41, 5.74) is 0.985. The minimum atomic E-state index is -0.255. The zero-order valence-electron chi connectivity index (χ0n) is 11.1. The average molecular weight is 369 g/mol. The van der Waals surface area contributed by atoms with Crippen LogP contribution in [0.3, 0.4) is 0 Å². The van der Waals surface area contributed by atoms with E-state index >= 15 is 0 Å². The number of ether oxygens (including phenoxy) is 1. The Balaban J connectivity index is 2.06. The van der Waals surface area contributed by atoms with Crippen molar-refractivity contribution in [3.8, 4) is 5.88 Å². The smallest absolute Gasteiger partial charge is 0.267 e. The Morgan fingerprint density at radius 1 is 1.29 bits per heavy atom. The predicted molar refractivity (Wildman–Crippen MR) is 83.1 cm³/mol. The molecule has 1 aliphatic heterocycles. The summed E-state index contributed by atoms with van der Waals surface area (Å²) in [7, 11) is 0. The highest BCUT2D eigenvalue weighted by Crippen LogP contribution is 2.29. The Kier molecular flexibility index (Phi) is 3.82. The summed E-state index contributed by atoms with van der Waals surface area (Å²) < 4.78 is 6.50. The highest BCUT2D eigenvalue weighted by Gasteiger charge is 2.29. The number of hydrogen-bond acceptors (Lipinski definition) is 4. The Hall–Kier alpha value is -1.66. The zero-order chi connectivity index (χ0) is 15.0. The van der Waals surface area contributed by atoms with Crippen LogP contribution in [0.2, 0.25) is 5.15 Å². The van der Waals surface area contributed by atoms with Crippen molar-refractivity contribution < 1.29 is 9.53 Å². The summed E-state index contributed by atoms with van der Waals surface area (Å²) in [6, 6.07) is 7.47.